The molecule has 0 saturated carbocycles. The molecule has 0 amide bonds. The van der Waals surface area contributed by atoms with E-state index < -0.39 is 12.0 Å². The molecule has 0 radical (unpaired) electrons. The van der Waals surface area contributed by atoms with Crippen LogP contribution in [0.3, 0.4) is 0 Å². The lowest BCUT2D eigenvalue weighted by Gasteiger charge is -2.14. The van der Waals surface area contributed by atoms with Gasteiger partial charge in [-0.2, -0.15) is 0 Å². The summed E-state index contributed by atoms with van der Waals surface area (Å²) in [6.45, 7) is 1.29. The van der Waals surface area contributed by atoms with Crippen molar-refractivity contribution in [2.75, 3.05) is 5.73 Å². The SMILES string of the molecule is CC(=O)c1cc(N)c(OC(=O)[C@@H](N)Cc2ccc(O)cc2)cc1O. The van der Waals surface area contributed by atoms with Crippen molar-refractivity contribution in [3.63, 3.8) is 0 Å². The minimum absolute atomic E-state index is 0.0423. The number of carbonyl (C=O) groups excluding carboxylic acids is 2. The second-order valence-electron chi connectivity index (χ2n) is 5.36. The number of hydrogen-bond donors (Lipinski definition) is 4. The van der Waals surface area contributed by atoms with Crippen LogP contribution in [0.1, 0.15) is 22.8 Å². The van der Waals surface area contributed by atoms with Gasteiger partial charge in [-0.25, -0.2) is 4.79 Å². The number of phenols is 2. The van der Waals surface area contributed by atoms with Crippen LogP contribution in [0.25, 0.3) is 0 Å². The first-order valence-electron chi connectivity index (χ1n) is 7.16. The average Bonchev–Trinajstić information content (AvgIpc) is 2.52. The summed E-state index contributed by atoms with van der Waals surface area (Å²) in [5.74, 6) is -1.37. The summed E-state index contributed by atoms with van der Waals surface area (Å²) in [4.78, 5) is 23.4. The molecule has 0 aliphatic carbocycles. The molecule has 0 aromatic heterocycles. The number of nitrogens with two attached hydrogens (primary N) is 2. The third-order valence-corrected chi connectivity index (χ3v) is 3.41. The second-order valence-corrected chi connectivity index (χ2v) is 5.36. The molecular formula is C17H18N2O5. The van der Waals surface area contributed by atoms with Gasteiger partial charge in [0.2, 0.25) is 0 Å². The van der Waals surface area contributed by atoms with E-state index in [1.807, 2.05) is 0 Å². The van der Waals surface area contributed by atoms with Crippen LogP contribution in [0.15, 0.2) is 36.4 Å². The van der Waals surface area contributed by atoms with Crippen LogP contribution in [0, 0.1) is 0 Å². The summed E-state index contributed by atoms with van der Waals surface area (Å²) in [5.41, 5.74) is 12.4. The Hall–Kier alpha value is -3.06. The van der Waals surface area contributed by atoms with Gasteiger partial charge in [-0.05, 0) is 37.1 Å². The molecule has 6 N–H and O–H groups in total. The van der Waals surface area contributed by atoms with Crippen molar-refractivity contribution in [1.82, 2.24) is 0 Å². The Morgan fingerprint density at radius 2 is 1.79 bits per heavy atom. The zero-order valence-electron chi connectivity index (χ0n) is 13.0. The van der Waals surface area contributed by atoms with E-state index in [0.29, 0.717) is 0 Å². The van der Waals surface area contributed by atoms with Gasteiger partial charge < -0.3 is 26.4 Å². The van der Waals surface area contributed by atoms with Crippen molar-refractivity contribution in [3.05, 3.63) is 47.5 Å². The molecule has 0 saturated heterocycles. The zero-order valence-corrected chi connectivity index (χ0v) is 13.0. The van der Waals surface area contributed by atoms with Crippen LogP contribution < -0.4 is 16.2 Å². The zero-order chi connectivity index (χ0) is 17.9. The Kier molecular flexibility index (Phi) is 5.05. The van der Waals surface area contributed by atoms with Gasteiger partial charge in [-0.3, -0.25) is 4.79 Å². The molecule has 0 unspecified atom stereocenters. The molecular weight excluding hydrogens is 312 g/mol. The van der Waals surface area contributed by atoms with Gasteiger partial charge in [0.15, 0.2) is 11.5 Å². The van der Waals surface area contributed by atoms with E-state index in [1.165, 1.54) is 25.1 Å². The van der Waals surface area contributed by atoms with Crippen LogP contribution in [0.5, 0.6) is 17.2 Å². The highest BCUT2D eigenvalue weighted by Gasteiger charge is 2.19. The number of aromatic hydroxyl groups is 2. The van der Waals surface area contributed by atoms with E-state index >= 15 is 0 Å². The van der Waals surface area contributed by atoms with Gasteiger partial charge in [-0.1, -0.05) is 12.1 Å². The quantitative estimate of drug-likeness (QED) is 0.214. The van der Waals surface area contributed by atoms with Crippen LogP contribution >= 0.6 is 0 Å². The predicted octanol–water partition coefficient (Wildman–Crippen LogP) is 1.36. The third kappa shape index (κ3) is 4.02. The molecule has 24 heavy (non-hydrogen) atoms. The number of anilines is 1. The van der Waals surface area contributed by atoms with E-state index in [4.69, 9.17) is 16.2 Å². The molecule has 2 aromatic rings. The van der Waals surface area contributed by atoms with Crippen molar-refractivity contribution in [3.8, 4) is 17.2 Å². The van der Waals surface area contributed by atoms with Crippen LogP contribution in [-0.2, 0) is 11.2 Å². The smallest absolute Gasteiger partial charge is 0.328 e. The molecule has 7 nitrogen and oxygen atoms in total. The highest BCUT2D eigenvalue weighted by atomic mass is 16.5. The van der Waals surface area contributed by atoms with Gasteiger partial charge in [0.25, 0.3) is 0 Å². The number of carbonyl (C=O) groups is 2. The highest BCUT2D eigenvalue weighted by molar-refractivity contribution is 5.98. The molecule has 1 atom stereocenters. The van der Waals surface area contributed by atoms with E-state index in [9.17, 15) is 19.8 Å². The van der Waals surface area contributed by atoms with Crippen LogP contribution in [-0.4, -0.2) is 28.0 Å². The van der Waals surface area contributed by atoms with Crippen LogP contribution in [0.4, 0.5) is 5.69 Å². The lowest BCUT2D eigenvalue weighted by Crippen LogP contribution is -2.36. The Morgan fingerprint density at radius 3 is 2.38 bits per heavy atom. The summed E-state index contributed by atoms with van der Waals surface area (Å²) in [5, 5.41) is 19.0. The molecule has 0 aliphatic heterocycles. The van der Waals surface area contributed by atoms with Gasteiger partial charge in [-0.15, -0.1) is 0 Å². The maximum absolute atomic E-state index is 12.1. The molecule has 0 aliphatic rings. The summed E-state index contributed by atoms with van der Waals surface area (Å²) >= 11 is 0. The number of hydrogen-bond acceptors (Lipinski definition) is 7. The number of Topliss-reactive ketones (excluding diaryl/α,β-unsaturated/α-hetero) is 1. The molecule has 0 heterocycles. The standard InChI is InChI=1S/C17H18N2O5/c1-9(20)12-7-13(18)16(8-15(12)22)24-17(23)14(19)6-10-2-4-11(21)5-3-10/h2-5,7-8,14,21-22H,6,18-19H2,1H3/t14-/m0/s1. The number of phenolic OH excluding ortho intramolecular Hbond substituents is 2. The average molecular weight is 330 g/mol. The van der Waals surface area contributed by atoms with E-state index in [-0.39, 0.29) is 40.7 Å². The molecule has 0 fully saturated rings. The molecule has 7 heteroatoms. The Morgan fingerprint density at radius 1 is 1.17 bits per heavy atom. The predicted molar refractivity (Wildman–Crippen MR) is 87.9 cm³/mol. The second kappa shape index (κ2) is 7.01. The van der Waals surface area contributed by atoms with E-state index in [1.54, 1.807) is 12.1 Å². The Balaban J connectivity index is 2.10. The maximum atomic E-state index is 12.1. The fourth-order valence-corrected chi connectivity index (χ4v) is 2.11. The fraction of sp³-hybridized carbons (Fsp3) is 0.176. The summed E-state index contributed by atoms with van der Waals surface area (Å²) in [7, 11) is 0. The summed E-state index contributed by atoms with van der Waals surface area (Å²) in [6, 6.07) is 7.66. The molecule has 2 rings (SSSR count). The monoisotopic (exact) mass is 330 g/mol. The van der Waals surface area contributed by atoms with Crippen molar-refractivity contribution in [2.24, 2.45) is 5.73 Å². The molecule has 0 bridgehead atoms. The number of benzene rings is 2. The first-order chi connectivity index (χ1) is 11.3. The van der Waals surface area contributed by atoms with Crippen molar-refractivity contribution >= 4 is 17.4 Å². The number of ketones is 1. The minimum atomic E-state index is -0.955. The summed E-state index contributed by atoms with van der Waals surface area (Å²) < 4.78 is 5.11. The van der Waals surface area contributed by atoms with Crippen molar-refractivity contribution in [2.45, 2.75) is 19.4 Å². The van der Waals surface area contributed by atoms with Crippen molar-refractivity contribution < 1.29 is 24.5 Å². The lowest BCUT2D eigenvalue weighted by atomic mass is 10.1. The summed E-state index contributed by atoms with van der Waals surface area (Å²) in [6.07, 6.45) is 0.205. The number of esters is 1. The third-order valence-electron chi connectivity index (χ3n) is 3.41. The Bertz CT molecular complexity index is 771. The Labute approximate surface area is 138 Å². The van der Waals surface area contributed by atoms with E-state index in [2.05, 4.69) is 0 Å². The number of rotatable bonds is 5. The normalized spacial score (nSPS) is 11.8. The van der Waals surface area contributed by atoms with Crippen molar-refractivity contribution in [1.29, 1.82) is 0 Å². The van der Waals surface area contributed by atoms with Gasteiger partial charge in [0.05, 0.1) is 11.3 Å². The number of ether oxygens (including phenoxy) is 1. The van der Waals surface area contributed by atoms with Gasteiger partial charge in [0, 0.05) is 6.07 Å². The maximum Gasteiger partial charge on any atom is 0.328 e. The largest absolute Gasteiger partial charge is 0.508 e. The molecule has 126 valence electrons. The number of nitrogen functional groups attached to an aromatic ring is 1. The first-order valence-corrected chi connectivity index (χ1v) is 7.16. The first kappa shape index (κ1) is 17.3. The minimum Gasteiger partial charge on any atom is -0.508 e. The fourth-order valence-electron chi connectivity index (χ4n) is 2.11. The highest BCUT2D eigenvalue weighted by Crippen LogP contribution is 2.31. The topological polar surface area (TPSA) is 136 Å². The lowest BCUT2D eigenvalue weighted by molar-refractivity contribution is -0.135. The van der Waals surface area contributed by atoms with Gasteiger partial charge >= 0.3 is 5.97 Å². The molecule has 2 aromatic carbocycles. The van der Waals surface area contributed by atoms with Gasteiger partial charge in [0.1, 0.15) is 17.5 Å². The molecule has 0 spiro atoms. The van der Waals surface area contributed by atoms with Crippen LogP contribution in [0.2, 0.25) is 0 Å². The van der Waals surface area contributed by atoms with E-state index in [0.717, 1.165) is 11.6 Å².